The monoisotopic (exact) mass is 398 g/mol. The number of benzene rings is 1. The summed E-state index contributed by atoms with van der Waals surface area (Å²) < 4.78 is 1.77. The van der Waals surface area contributed by atoms with Crippen LogP contribution >= 0.6 is 11.8 Å². The zero-order valence-electron chi connectivity index (χ0n) is 15.7. The summed E-state index contributed by atoms with van der Waals surface area (Å²) in [6, 6.07) is 1.80. The first-order chi connectivity index (χ1) is 13.3. The van der Waals surface area contributed by atoms with Gasteiger partial charge in [0.05, 0.1) is 18.5 Å². The van der Waals surface area contributed by atoms with Gasteiger partial charge in [0.15, 0.2) is 17.3 Å². The van der Waals surface area contributed by atoms with Gasteiger partial charge in [-0.25, -0.2) is 0 Å². The van der Waals surface area contributed by atoms with Crippen molar-refractivity contribution in [3.63, 3.8) is 0 Å². The van der Waals surface area contributed by atoms with Crippen molar-refractivity contribution in [3.05, 3.63) is 34.5 Å². The summed E-state index contributed by atoms with van der Waals surface area (Å²) in [7, 11) is 1.87. The molecule has 7 nitrogen and oxygen atoms in total. The average Bonchev–Trinajstić information content (AvgIpc) is 3.23. The molecule has 3 aliphatic rings. The van der Waals surface area contributed by atoms with Crippen LogP contribution in [0.3, 0.4) is 0 Å². The highest BCUT2D eigenvalue weighted by Crippen LogP contribution is 2.46. The number of aromatic nitrogens is 2. The number of Topliss-reactive ketones (excluding diaryl/α,β-unsaturated/α-hetero) is 3. The summed E-state index contributed by atoms with van der Waals surface area (Å²) in [5.74, 6) is -2.91. The molecule has 8 heteroatoms. The van der Waals surface area contributed by atoms with E-state index in [0.29, 0.717) is 5.56 Å². The maximum absolute atomic E-state index is 13.3. The fraction of sp³-hybridized carbons (Fsp3) is 0.400. The number of fused-ring (bicyclic) bond motifs is 3. The lowest BCUT2D eigenvalue weighted by Crippen LogP contribution is -2.42. The molecule has 2 fully saturated rings. The molecule has 0 bridgehead atoms. The van der Waals surface area contributed by atoms with E-state index in [2.05, 4.69) is 5.10 Å². The van der Waals surface area contributed by atoms with Crippen LogP contribution in [0.2, 0.25) is 0 Å². The molecule has 1 spiro atoms. The Balaban J connectivity index is 1.60. The number of carbonyl (C=O) groups excluding carboxylic acids is 3. The van der Waals surface area contributed by atoms with Gasteiger partial charge in [0.25, 0.3) is 0 Å². The Morgan fingerprint density at radius 3 is 2.57 bits per heavy atom. The summed E-state index contributed by atoms with van der Waals surface area (Å²) in [6.45, 7) is 3.81. The molecule has 3 heterocycles. The molecular weight excluding hydrogens is 380 g/mol. The van der Waals surface area contributed by atoms with Crippen LogP contribution in [-0.4, -0.2) is 32.9 Å². The van der Waals surface area contributed by atoms with Crippen molar-refractivity contribution in [2.75, 3.05) is 0 Å². The predicted octanol–water partition coefficient (Wildman–Crippen LogP) is 2.70. The van der Waals surface area contributed by atoms with E-state index in [0.717, 1.165) is 38.6 Å². The zero-order valence-corrected chi connectivity index (χ0v) is 16.5. The largest absolute Gasteiger partial charge is 0.298 e. The maximum atomic E-state index is 13.3. The van der Waals surface area contributed by atoms with Crippen LogP contribution in [0.5, 0.6) is 0 Å². The van der Waals surface area contributed by atoms with Crippen LogP contribution in [0.25, 0.3) is 11.3 Å². The van der Waals surface area contributed by atoms with Gasteiger partial charge in [0.2, 0.25) is 5.79 Å². The number of hydrogen-bond acceptors (Lipinski definition) is 7. The molecule has 2 aromatic rings. The lowest BCUT2D eigenvalue weighted by molar-refractivity contribution is -0.135. The van der Waals surface area contributed by atoms with Gasteiger partial charge in [-0.1, -0.05) is 0 Å². The van der Waals surface area contributed by atoms with E-state index in [-0.39, 0.29) is 12.8 Å². The fourth-order valence-electron chi connectivity index (χ4n) is 4.22. The van der Waals surface area contributed by atoms with Gasteiger partial charge < -0.3 is 0 Å². The van der Waals surface area contributed by atoms with Gasteiger partial charge in [-0.3, -0.25) is 19.1 Å². The van der Waals surface area contributed by atoms with Gasteiger partial charge in [-0.2, -0.15) is 14.9 Å². The van der Waals surface area contributed by atoms with E-state index >= 15 is 0 Å². The summed E-state index contributed by atoms with van der Waals surface area (Å²) in [6.07, 6.45) is 1.84. The van der Waals surface area contributed by atoms with Crippen molar-refractivity contribution in [2.45, 2.75) is 43.1 Å². The molecule has 1 aromatic carbocycles. The van der Waals surface area contributed by atoms with Crippen LogP contribution < -0.4 is 0 Å². The first-order valence-corrected chi connectivity index (χ1v) is 10.0. The second-order valence-corrected chi connectivity index (χ2v) is 8.68. The van der Waals surface area contributed by atoms with Gasteiger partial charge >= 0.3 is 0 Å². The van der Waals surface area contributed by atoms with Crippen molar-refractivity contribution in [3.8, 4) is 11.3 Å². The average molecular weight is 398 g/mol. The van der Waals surface area contributed by atoms with E-state index in [4.69, 9.17) is 9.78 Å². The molecule has 144 valence electrons. The minimum atomic E-state index is -1.28. The first-order valence-electron chi connectivity index (χ1n) is 9.06. The second kappa shape index (κ2) is 5.85. The molecule has 0 amide bonds. The Labute approximate surface area is 165 Å². The lowest BCUT2D eigenvalue weighted by Gasteiger charge is -2.24. The molecule has 0 atom stereocenters. The normalized spacial score (nSPS) is 20.2. The van der Waals surface area contributed by atoms with E-state index < -0.39 is 29.1 Å². The predicted molar refractivity (Wildman–Crippen MR) is 99.6 cm³/mol. The molecule has 2 aliphatic heterocycles. The highest BCUT2D eigenvalue weighted by molar-refractivity contribution is 7.98. The van der Waals surface area contributed by atoms with Crippen molar-refractivity contribution >= 4 is 29.1 Å². The molecule has 0 radical (unpaired) electrons. The Morgan fingerprint density at radius 1 is 1.25 bits per heavy atom. The third-order valence-corrected chi connectivity index (χ3v) is 6.89. The van der Waals surface area contributed by atoms with Crippen LogP contribution in [0.4, 0.5) is 0 Å². The minimum absolute atomic E-state index is 0.0711. The van der Waals surface area contributed by atoms with Crippen molar-refractivity contribution in [1.82, 2.24) is 9.78 Å². The van der Waals surface area contributed by atoms with Crippen LogP contribution in [0.1, 0.15) is 39.9 Å². The third-order valence-electron chi connectivity index (χ3n) is 5.62. The first kappa shape index (κ1) is 17.8. The molecule has 1 saturated carbocycles. The van der Waals surface area contributed by atoms with E-state index in [1.54, 1.807) is 22.5 Å². The van der Waals surface area contributed by atoms with Gasteiger partial charge in [0.1, 0.15) is 5.92 Å². The molecule has 1 saturated heterocycles. The topological polar surface area (TPSA) is 94.1 Å². The Morgan fingerprint density at radius 2 is 1.93 bits per heavy atom. The Hall–Kier alpha value is -2.29. The number of aryl methyl sites for hydroxylation is 2. The quantitative estimate of drug-likeness (QED) is 0.332. The highest BCUT2D eigenvalue weighted by Gasteiger charge is 2.59. The Bertz CT molecular complexity index is 1060. The van der Waals surface area contributed by atoms with Crippen molar-refractivity contribution in [2.24, 2.45) is 13.0 Å². The van der Waals surface area contributed by atoms with E-state index in [9.17, 15) is 14.4 Å². The lowest BCUT2D eigenvalue weighted by atomic mass is 9.78. The molecule has 1 aliphatic carbocycles. The number of ketones is 3. The number of thioether (sulfide) groups is 1. The molecule has 5 rings (SSSR count). The van der Waals surface area contributed by atoms with Gasteiger partial charge in [-0.15, -0.1) is 11.8 Å². The van der Waals surface area contributed by atoms with Crippen LogP contribution in [-0.2, 0) is 32.2 Å². The smallest absolute Gasteiger partial charge is 0.247 e. The summed E-state index contributed by atoms with van der Waals surface area (Å²) in [4.78, 5) is 49.1. The second-order valence-electron chi connectivity index (χ2n) is 7.70. The summed E-state index contributed by atoms with van der Waals surface area (Å²) >= 11 is 1.72. The molecule has 0 N–H and O–H groups in total. The SMILES string of the molecule is Cc1cc(C(=O)C2C(=O)CC3(CC2=O)OO3)c(C)c2c1SCc1cn(C)nc1-2. The Kier molecular flexibility index (Phi) is 3.72. The van der Waals surface area contributed by atoms with Crippen LogP contribution in [0.15, 0.2) is 17.2 Å². The maximum Gasteiger partial charge on any atom is 0.247 e. The molecular formula is C20H18N2O5S. The van der Waals surface area contributed by atoms with Crippen molar-refractivity contribution < 1.29 is 24.2 Å². The number of hydrogen-bond donors (Lipinski definition) is 0. The minimum Gasteiger partial charge on any atom is -0.298 e. The summed E-state index contributed by atoms with van der Waals surface area (Å²) in [5, 5.41) is 4.59. The van der Waals surface area contributed by atoms with Gasteiger partial charge in [0, 0.05) is 40.6 Å². The summed E-state index contributed by atoms with van der Waals surface area (Å²) in [5.41, 5.74) is 5.03. The third kappa shape index (κ3) is 2.52. The highest BCUT2D eigenvalue weighted by atomic mass is 32.2. The molecule has 1 aromatic heterocycles. The van der Waals surface area contributed by atoms with E-state index in [1.165, 1.54) is 0 Å². The standard InChI is InChI=1S/C20H18N2O5S/c1-9-4-12(18(25)16-13(23)5-20(26-27-20)6-14(16)24)10(2)15-17-11(7-22(3)21-17)8-28-19(9)15/h4,7,16H,5-6,8H2,1-3H3. The molecule has 0 unspecified atom stereocenters. The number of rotatable bonds is 2. The number of nitrogens with zero attached hydrogens (tertiary/aromatic N) is 2. The number of carbonyl (C=O) groups is 3. The van der Waals surface area contributed by atoms with Gasteiger partial charge in [-0.05, 0) is 31.0 Å². The molecule has 28 heavy (non-hydrogen) atoms. The van der Waals surface area contributed by atoms with E-state index in [1.807, 2.05) is 27.1 Å². The zero-order chi connectivity index (χ0) is 19.8. The fourth-order valence-corrected chi connectivity index (χ4v) is 5.42. The van der Waals surface area contributed by atoms with Crippen LogP contribution in [0, 0.1) is 19.8 Å². The van der Waals surface area contributed by atoms with Crippen molar-refractivity contribution in [1.29, 1.82) is 0 Å².